The molecule has 0 radical (unpaired) electrons. The second-order valence-corrected chi connectivity index (χ2v) is 9.42. The maximum Gasteiger partial charge on any atom is 0.411 e. The molecule has 1 aliphatic heterocycles. The highest BCUT2D eigenvalue weighted by atomic mass is 16.6. The smallest absolute Gasteiger partial charge is 0.411 e. The number of ether oxygens (including phenoxy) is 3. The van der Waals surface area contributed by atoms with Crippen molar-refractivity contribution >= 4 is 35.0 Å². The Morgan fingerprint density at radius 3 is 2.53 bits per heavy atom. The number of methoxy groups -OCH3 is 1. The number of hydrogen-bond donors (Lipinski definition) is 0. The van der Waals surface area contributed by atoms with E-state index < -0.39 is 29.3 Å². The van der Waals surface area contributed by atoms with Crippen LogP contribution in [0.1, 0.15) is 64.8 Å². The zero-order valence-corrected chi connectivity index (χ0v) is 20.6. The fraction of sp³-hybridized carbons (Fsp3) is 0.462. The first-order valence-electron chi connectivity index (χ1n) is 11.3. The highest BCUT2D eigenvalue weighted by molar-refractivity contribution is 5.90. The highest BCUT2D eigenvalue weighted by Gasteiger charge is 2.50. The van der Waals surface area contributed by atoms with E-state index >= 15 is 0 Å². The maximum atomic E-state index is 12.9. The van der Waals surface area contributed by atoms with Crippen molar-refractivity contribution < 1.29 is 28.6 Å². The predicted molar refractivity (Wildman–Crippen MR) is 128 cm³/mol. The minimum Gasteiger partial charge on any atom is -0.467 e. The zero-order valence-electron chi connectivity index (χ0n) is 20.6. The van der Waals surface area contributed by atoms with Crippen LogP contribution < -0.4 is 0 Å². The van der Waals surface area contributed by atoms with Gasteiger partial charge in [-0.1, -0.05) is 24.3 Å². The first kappa shape index (κ1) is 25.2. The summed E-state index contributed by atoms with van der Waals surface area (Å²) >= 11 is 0. The van der Waals surface area contributed by atoms with Gasteiger partial charge in [-0.05, 0) is 64.3 Å². The predicted octanol–water partition coefficient (Wildman–Crippen LogP) is 4.81. The SMILES string of the molecule is COC(=O)[C@@]1(/C=C/c2ccc3ccc([C@@H](C)OC(C)=O)nc3c2)CCCN1C(=O)OC(C)(C)C. The van der Waals surface area contributed by atoms with Crippen LogP contribution in [0.3, 0.4) is 0 Å². The monoisotopic (exact) mass is 468 g/mol. The van der Waals surface area contributed by atoms with Crippen molar-refractivity contribution in [1.29, 1.82) is 0 Å². The molecule has 1 amide bonds. The lowest BCUT2D eigenvalue weighted by atomic mass is 9.94. The largest absolute Gasteiger partial charge is 0.467 e. The van der Waals surface area contributed by atoms with Gasteiger partial charge in [0.05, 0.1) is 18.3 Å². The lowest BCUT2D eigenvalue weighted by Gasteiger charge is -2.34. The van der Waals surface area contributed by atoms with Crippen molar-refractivity contribution in [2.24, 2.45) is 0 Å². The molecule has 1 aliphatic rings. The Balaban J connectivity index is 1.94. The Labute approximate surface area is 199 Å². The number of aromatic nitrogens is 1. The van der Waals surface area contributed by atoms with Gasteiger partial charge in [0.1, 0.15) is 11.7 Å². The van der Waals surface area contributed by atoms with E-state index in [1.54, 1.807) is 39.8 Å². The van der Waals surface area contributed by atoms with Crippen LogP contribution in [0.2, 0.25) is 0 Å². The standard InChI is InChI=1S/C26H32N2O6/c1-17(33-18(2)29)21-11-10-20-9-8-19(16-22(20)27-21)12-14-26(23(30)32-6)13-7-15-28(26)24(31)34-25(3,4)5/h8-12,14,16-17H,7,13,15H2,1-6H3/b14-12+/t17-,26+/m1/s1. The molecule has 1 aromatic carbocycles. The van der Waals surface area contributed by atoms with Gasteiger partial charge in [-0.3, -0.25) is 9.69 Å². The molecule has 1 saturated heterocycles. The molecule has 182 valence electrons. The van der Waals surface area contributed by atoms with Crippen LogP contribution in [0.5, 0.6) is 0 Å². The highest BCUT2D eigenvalue weighted by Crippen LogP contribution is 2.34. The van der Waals surface area contributed by atoms with Crippen molar-refractivity contribution in [2.75, 3.05) is 13.7 Å². The zero-order chi connectivity index (χ0) is 25.1. The number of esters is 2. The van der Waals surface area contributed by atoms with E-state index in [1.165, 1.54) is 18.9 Å². The lowest BCUT2D eigenvalue weighted by molar-refractivity contribution is -0.150. The quantitative estimate of drug-likeness (QED) is 0.459. The molecule has 0 spiro atoms. The maximum absolute atomic E-state index is 12.9. The number of pyridine rings is 1. The van der Waals surface area contributed by atoms with Crippen LogP contribution in [0, 0.1) is 0 Å². The summed E-state index contributed by atoms with van der Waals surface area (Å²) in [4.78, 5) is 43.1. The van der Waals surface area contributed by atoms with Crippen molar-refractivity contribution in [1.82, 2.24) is 9.88 Å². The number of amides is 1. The van der Waals surface area contributed by atoms with Crippen molar-refractivity contribution in [2.45, 2.75) is 64.7 Å². The van der Waals surface area contributed by atoms with Crippen LogP contribution in [-0.4, -0.2) is 52.7 Å². The van der Waals surface area contributed by atoms with Gasteiger partial charge in [0.25, 0.3) is 0 Å². The van der Waals surface area contributed by atoms with Crippen LogP contribution in [-0.2, 0) is 23.8 Å². The summed E-state index contributed by atoms with van der Waals surface area (Å²) in [6, 6.07) is 9.46. The van der Waals surface area contributed by atoms with Crippen LogP contribution >= 0.6 is 0 Å². The first-order chi connectivity index (χ1) is 15.9. The molecule has 0 unspecified atom stereocenters. The molecule has 1 aromatic heterocycles. The Morgan fingerprint density at radius 1 is 1.18 bits per heavy atom. The molecule has 0 bridgehead atoms. The van der Waals surface area contributed by atoms with Gasteiger partial charge >= 0.3 is 18.0 Å². The summed E-state index contributed by atoms with van der Waals surface area (Å²) in [6.07, 6.45) is 3.57. The van der Waals surface area contributed by atoms with Crippen LogP contribution in [0.15, 0.2) is 36.4 Å². The van der Waals surface area contributed by atoms with E-state index in [0.29, 0.717) is 25.1 Å². The molecule has 0 saturated carbocycles. The van der Waals surface area contributed by atoms with Crippen LogP contribution in [0.4, 0.5) is 4.79 Å². The summed E-state index contributed by atoms with van der Waals surface area (Å²) in [7, 11) is 1.31. The number of carbonyl (C=O) groups excluding carboxylic acids is 3. The first-order valence-corrected chi connectivity index (χ1v) is 11.3. The third-order valence-corrected chi connectivity index (χ3v) is 5.62. The third-order valence-electron chi connectivity index (χ3n) is 5.62. The summed E-state index contributed by atoms with van der Waals surface area (Å²) in [6.45, 7) is 8.89. The minimum absolute atomic E-state index is 0.370. The summed E-state index contributed by atoms with van der Waals surface area (Å²) < 4.78 is 15.9. The van der Waals surface area contributed by atoms with Gasteiger partial charge in [-0.25, -0.2) is 14.6 Å². The Bertz CT molecular complexity index is 1120. The van der Waals surface area contributed by atoms with E-state index in [-0.39, 0.29) is 5.97 Å². The normalized spacial score (nSPS) is 19.3. The number of likely N-dealkylation sites (tertiary alicyclic amines) is 1. The van der Waals surface area contributed by atoms with Crippen molar-refractivity contribution in [3.63, 3.8) is 0 Å². The molecular weight excluding hydrogens is 436 g/mol. The lowest BCUT2D eigenvalue weighted by Crippen LogP contribution is -2.53. The number of benzene rings is 1. The molecule has 1 fully saturated rings. The van der Waals surface area contributed by atoms with Gasteiger partial charge < -0.3 is 14.2 Å². The second-order valence-electron chi connectivity index (χ2n) is 9.42. The van der Waals surface area contributed by atoms with E-state index in [1.807, 2.05) is 30.3 Å². The fourth-order valence-corrected chi connectivity index (χ4v) is 4.07. The van der Waals surface area contributed by atoms with Gasteiger partial charge in [-0.2, -0.15) is 0 Å². The summed E-state index contributed by atoms with van der Waals surface area (Å²) in [5, 5.41) is 0.926. The average Bonchev–Trinajstić information content (AvgIpc) is 3.20. The average molecular weight is 469 g/mol. The molecule has 2 aromatic rings. The van der Waals surface area contributed by atoms with E-state index in [0.717, 1.165) is 16.5 Å². The molecule has 0 N–H and O–H groups in total. The molecule has 8 heteroatoms. The molecule has 3 rings (SSSR count). The van der Waals surface area contributed by atoms with Crippen molar-refractivity contribution in [3.05, 3.63) is 47.7 Å². The molecule has 34 heavy (non-hydrogen) atoms. The number of fused-ring (bicyclic) bond motifs is 1. The summed E-state index contributed by atoms with van der Waals surface area (Å²) in [5.41, 5.74) is 0.237. The van der Waals surface area contributed by atoms with Gasteiger partial charge in [0.15, 0.2) is 5.54 Å². The molecule has 8 nitrogen and oxygen atoms in total. The van der Waals surface area contributed by atoms with E-state index in [2.05, 4.69) is 4.98 Å². The van der Waals surface area contributed by atoms with Crippen molar-refractivity contribution in [3.8, 4) is 0 Å². The van der Waals surface area contributed by atoms with Crippen LogP contribution in [0.25, 0.3) is 17.0 Å². The Morgan fingerprint density at radius 2 is 1.88 bits per heavy atom. The summed E-state index contributed by atoms with van der Waals surface area (Å²) in [5.74, 6) is -0.881. The third kappa shape index (κ3) is 5.55. The number of hydrogen-bond acceptors (Lipinski definition) is 7. The second kappa shape index (κ2) is 9.83. The topological polar surface area (TPSA) is 95.0 Å². The molecular formula is C26H32N2O6. The van der Waals surface area contributed by atoms with Gasteiger partial charge in [0, 0.05) is 18.9 Å². The number of nitrogens with zero attached hydrogens (tertiary/aromatic N) is 2. The number of rotatable bonds is 5. The van der Waals surface area contributed by atoms with Gasteiger partial charge in [-0.15, -0.1) is 0 Å². The molecule has 2 heterocycles. The van der Waals surface area contributed by atoms with Gasteiger partial charge in [0.2, 0.25) is 0 Å². The molecule has 0 aliphatic carbocycles. The molecule has 2 atom stereocenters. The van der Waals surface area contributed by atoms with E-state index in [9.17, 15) is 14.4 Å². The number of carbonyl (C=O) groups is 3. The minimum atomic E-state index is -1.24. The fourth-order valence-electron chi connectivity index (χ4n) is 4.07. The Kier molecular flexibility index (Phi) is 7.29. The van der Waals surface area contributed by atoms with E-state index in [4.69, 9.17) is 14.2 Å². The Hall–Kier alpha value is -3.42.